The van der Waals surface area contributed by atoms with Gasteiger partial charge in [-0.3, -0.25) is 0 Å². The molecule has 0 saturated heterocycles. The Hall–Kier alpha value is -0.930. The van der Waals surface area contributed by atoms with E-state index in [1.807, 2.05) is 17.8 Å². The van der Waals surface area contributed by atoms with Crippen molar-refractivity contribution in [2.75, 3.05) is 18.6 Å². The van der Waals surface area contributed by atoms with Gasteiger partial charge in [0.05, 0.1) is 6.04 Å². The predicted molar refractivity (Wildman–Crippen MR) is 89.6 cm³/mol. The molecule has 1 aromatic carbocycles. The number of rotatable bonds is 8. The van der Waals surface area contributed by atoms with Crippen LogP contribution in [-0.2, 0) is 6.42 Å². The lowest BCUT2D eigenvalue weighted by Crippen LogP contribution is -2.20. The van der Waals surface area contributed by atoms with Crippen molar-refractivity contribution in [3.8, 4) is 0 Å². The molecule has 0 aliphatic carbocycles. The maximum atomic E-state index is 6.06. The number of nitrogens with one attached hydrogen (secondary N) is 1. The van der Waals surface area contributed by atoms with Gasteiger partial charge in [-0.05, 0) is 50.8 Å². The van der Waals surface area contributed by atoms with Gasteiger partial charge in [-0.15, -0.1) is 0 Å². The number of fused-ring (bicyclic) bond motifs is 1. The molecule has 2 aromatic rings. The number of hydrogen-bond acceptors (Lipinski definition) is 3. The van der Waals surface area contributed by atoms with E-state index in [2.05, 4.69) is 43.6 Å². The Morgan fingerprint density at radius 1 is 1.25 bits per heavy atom. The molecule has 2 nitrogen and oxygen atoms in total. The summed E-state index contributed by atoms with van der Waals surface area (Å²) < 4.78 is 6.06. The molecule has 3 heteroatoms. The van der Waals surface area contributed by atoms with Crippen LogP contribution in [0.5, 0.6) is 0 Å². The minimum atomic E-state index is 0.284. The highest BCUT2D eigenvalue weighted by molar-refractivity contribution is 7.98. The van der Waals surface area contributed by atoms with Gasteiger partial charge < -0.3 is 9.73 Å². The van der Waals surface area contributed by atoms with Crippen LogP contribution in [0, 0.1) is 0 Å². The Kier molecular flexibility index (Phi) is 5.99. The molecule has 110 valence electrons. The molecule has 0 aliphatic heterocycles. The monoisotopic (exact) mass is 291 g/mol. The van der Waals surface area contributed by atoms with Gasteiger partial charge in [0.2, 0.25) is 0 Å². The van der Waals surface area contributed by atoms with E-state index in [4.69, 9.17) is 4.42 Å². The highest BCUT2D eigenvalue weighted by Gasteiger charge is 2.17. The summed E-state index contributed by atoms with van der Waals surface area (Å²) >= 11 is 1.92. The molecule has 0 bridgehead atoms. The van der Waals surface area contributed by atoms with Gasteiger partial charge in [0.1, 0.15) is 11.3 Å². The topological polar surface area (TPSA) is 25.2 Å². The van der Waals surface area contributed by atoms with Crippen LogP contribution in [0.2, 0.25) is 0 Å². The average molecular weight is 291 g/mol. The second-order valence-electron chi connectivity index (χ2n) is 5.17. The van der Waals surface area contributed by atoms with Crippen molar-refractivity contribution in [2.24, 2.45) is 0 Å². The van der Waals surface area contributed by atoms with Gasteiger partial charge >= 0.3 is 0 Å². The molecule has 0 spiro atoms. The summed E-state index contributed by atoms with van der Waals surface area (Å²) in [5.74, 6) is 2.36. The van der Waals surface area contributed by atoms with Crippen molar-refractivity contribution in [3.63, 3.8) is 0 Å². The highest BCUT2D eigenvalue weighted by Crippen LogP contribution is 2.30. The van der Waals surface area contributed by atoms with Crippen LogP contribution >= 0.6 is 11.8 Å². The minimum Gasteiger partial charge on any atom is -0.459 e. The smallest absolute Gasteiger partial charge is 0.134 e. The molecule has 0 amide bonds. The Labute approximate surface area is 126 Å². The fraction of sp³-hybridized carbons (Fsp3) is 0.529. The molecule has 1 unspecified atom stereocenters. The fourth-order valence-corrected chi connectivity index (χ4v) is 3.11. The van der Waals surface area contributed by atoms with Crippen molar-refractivity contribution in [2.45, 2.75) is 39.2 Å². The van der Waals surface area contributed by atoms with E-state index in [1.165, 1.54) is 29.5 Å². The van der Waals surface area contributed by atoms with Crippen molar-refractivity contribution >= 4 is 22.7 Å². The Morgan fingerprint density at radius 3 is 2.80 bits per heavy atom. The van der Waals surface area contributed by atoms with Crippen LogP contribution in [0.15, 0.2) is 28.7 Å². The lowest BCUT2D eigenvalue weighted by Gasteiger charge is -2.13. The molecule has 1 N–H and O–H groups in total. The van der Waals surface area contributed by atoms with E-state index in [0.717, 1.165) is 24.3 Å². The van der Waals surface area contributed by atoms with Gasteiger partial charge in [-0.25, -0.2) is 0 Å². The molecule has 0 saturated carbocycles. The quantitative estimate of drug-likeness (QED) is 0.708. The molecule has 1 atom stereocenters. The maximum absolute atomic E-state index is 6.06. The molecule has 0 fully saturated rings. The first kappa shape index (κ1) is 15.5. The van der Waals surface area contributed by atoms with Crippen LogP contribution in [0.3, 0.4) is 0 Å². The first-order valence-electron chi connectivity index (χ1n) is 7.50. The van der Waals surface area contributed by atoms with Gasteiger partial charge in [0.25, 0.3) is 0 Å². The first-order chi connectivity index (χ1) is 9.77. The van der Waals surface area contributed by atoms with Crippen molar-refractivity contribution in [1.82, 2.24) is 5.32 Å². The van der Waals surface area contributed by atoms with E-state index >= 15 is 0 Å². The molecule has 20 heavy (non-hydrogen) atoms. The van der Waals surface area contributed by atoms with Gasteiger partial charge in [-0.2, -0.15) is 11.8 Å². The minimum absolute atomic E-state index is 0.284. The van der Waals surface area contributed by atoms with E-state index in [0.29, 0.717) is 0 Å². The zero-order chi connectivity index (χ0) is 14.4. The largest absolute Gasteiger partial charge is 0.459 e. The molecular formula is C17H25NOS. The summed E-state index contributed by atoms with van der Waals surface area (Å²) in [5, 5.41) is 4.86. The average Bonchev–Trinajstić information content (AvgIpc) is 2.85. The molecular weight excluding hydrogens is 266 g/mol. The fourth-order valence-electron chi connectivity index (χ4n) is 2.61. The predicted octanol–water partition coefficient (Wildman–Crippen LogP) is 4.79. The molecule has 0 aliphatic rings. The second-order valence-corrected chi connectivity index (χ2v) is 6.16. The standard InChI is InChI=1S/C17H25NOS/c1-4-14-15-9-5-6-10-16(15)19-17(14)13(2)18-11-7-8-12-20-3/h5-6,9-10,13,18H,4,7-8,11-12H2,1-3H3. The Morgan fingerprint density at radius 2 is 2.05 bits per heavy atom. The third-order valence-corrected chi connectivity index (χ3v) is 4.40. The SMILES string of the molecule is CCc1c(C(C)NCCCCSC)oc2ccccc12. The number of hydrogen-bond donors (Lipinski definition) is 1. The number of thioether (sulfide) groups is 1. The van der Waals surface area contributed by atoms with E-state index < -0.39 is 0 Å². The van der Waals surface area contributed by atoms with Crippen molar-refractivity contribution < 1.29 is 4.42 Å². The summed E-state index contributed by atoms with van der Waals surface area (Å²) in [6.45, 7) is 5.46. The van der Waals surface area contributed by atoms with Crippen LogP contribution in [0.4, 0.5) is 0 Å². The van der Waals surface area contributed by atoms with E-state index in [9.17, 15) is 0 Å². The highest BCUT2D eigenvalue weighted by atomic mass is 32.2. The summed E-state index contributed by atoms with van der Waals surface area (Å²) in [4.78, 5) is 0. The number of benzene rings is 1. The third-order valence-electron chi connectivity index (χ3n) is 3.70. The number of furan rings is 1. The molecule has 1 heterocycles. The second kappa shape index (κ2) is 7.75. The Balaban J connectivity index is 2.03. The van der Waals surface area contributed by atoms with Crippen LogP contribution in [0.1, 0.15) is 44.1 Å². The summed E-state index contributed by atoms with van der Waals surface area (Å²) in [6, 6.07) is 8.62. The van der Waals surface area contributed by atoms with Gasteiger partial charge in [0.15, 0.2) is 0 Å². The normalized spacial score (nSPS) is 12.9. The van der Waals surface area contributed by atoms with Gasteiger partial charge in [-0.1, -0.05) is 25.1 Å². The number of para-hydroxylation sites is 1. The zero-order valence-electron chi connectivity index (χ0n) is 12.7. The van der Waals surface area contributed by atoms with E-state index in [-0.39, 0.29) is 6.04 Å². The first-order valence-corrected chi connectivity index (χ1v) is 8.90. The van der Waals surface area contributed by atoms with Crippen molar-refractivity contribution in [3.05, 3.63) is 35.6 Å². The molecule has 0 radical (unpaired) electrons. The zero-order valence-corrected chi connectivity index (χ0v) is 13.6. The lowest BCUT2D eigenvalue weighted by atomic mass is 10.0. The summed E-state index contributed by atoms with van der Waals surface area (Å²) in [7, 11) is 0. The third kappa shape index (κ3) is 3.58. The molecule has 2 rings (SSSR count). The van der Waals surface area contributed by atoms with E-state index in [1.54, 1.807) is 0 Å². The number of aryl methyl sites for hydroxylation is 1. The van der Waals surface area contributed by atoms with Crippen molar-refractivity contribution in [1.29, 1.82) is 0 Å². The molecule has 1 aromatic heterocycles. The van der Waals surface area contributed by atoms with Crippen LogP contribution in [0.25, 0.3) is 11.0 Å². The summed E-state index contributed by atoms with van der Waals surface area (Å²) in [5.41, 5.74) is 2.36. The van der Waals surface area contributed by atoms with Gasteiger partial charge in [0, 0.05) is 10.9 Å². The Bertz CT molecular complexity index is 535. The summed E-state index contributed by atoms with van der Waals surface area (Å²) in [6.07, 6.45) is 5.69. The van der Waals surface area contributed by atoms with Crippen LogP contribution < -0.4 is 5.32 Å². The van der Waals surface area contributed by atoms with Crippen LogP contribution in [-0.4, -0.2) is 18.6 Å². The maximum Gasteiger partial charge on any atom is 0.134 e. The lowest BCUT2D eigenvalue weighted by molar-refractivity contribution is 0.443. The number of unbranched alkanes of at least 4 members (excludes halogenated alkanes) is 1.